The molecule has 31 heavy (non-hydrogen) atoms. The van der Waals surface area contributed by atoms with Gasteiger partial charge < -0.3 is 5.11 Å². The maximum atomic E-state index is 8.90. The van der Waals surface area contributed by atoms with E-state index in [-0.39, 0.29) is 6.61 Å². The highest BCUT2D eigenvalue weighted by atomic mass is 16.2. The molecule has 0 radical (unpaired) electrons. The van der Waals surface area contributed by atoms with Gasteiger partial charge in [-0.25, -0.2) is 0 Å². The molecule has 0 aromatic heterocycles. The molecular formula is C30H50O. The standard InChI is InChI=1S/C30H50O/c1-25(2)13-8-14-26(3)15-9-16-27(4)17-10-18-28(5)19-11-20-29(6)21-12-22-30(7)23-24-31/h13,15,17,19,21,23,31H,8-12,14,16,18,20,22,24H2,1-7H3/b26-15+,27-17+,28-19-,29-21-,30-23-. The Morgan fingerprint density at radius 3 is 0.935 bits per heavy atom. The van der Waals surface area contributed by atoms with Crippen LogP contribution in [0.3, 0.4) is 0 Å². The second-order valence-electron chi connectivity index (χ2n) is 9.41. The van der Waals surface area contributed by atoms with Crippen molar-refractivity contribution in [3.63, 3.8) is 0 Å². The first-order chi connectivity index (χ1) is 14.7. The second kappa shape index (κ2) is 19.1. The van der Waals surface area contributed by atoms with Gasteiger partial charge in [0, 0.05) is 0 Å². The Kier molecular flexibility index (Phi) is 18.1. The number of hydrogen-bond acceptors (Lipinski definition) is 1. The molecule has 176 valence electrons. The Balaban J connectivity index is 4.09. The van der Waals surface area contributed by atoms with E-state index in [1.165, 1.54) is 65.5 Å². The van der Waals surface area contributed by atoms with Gasteiger partial charge in [0.05, 0.1) is 6.61 Å². The Morgan fingerprint density at radius 1 is 0.419 bits per heavy atom. The molecule has 0 rings (SSSR count). The molecule has 0 aromatic carbocycles. The summed E-state index contributed by atoms with van der Waals surface area (Å²) in [6.07, 6.45) is 25.3. The van der Waals surface area contributed by atoms with Crippen LogP contribution in [0.15, 0.2) is 69.9 Å². The number of rotatable bonds is 16. The maximum Gasteiger partial charge on any atom is 0.0614 e. The average molecular weight is 427 g/mol. The fourth-order valence-electron chi connectivity index (χ4n) is 3.44. The molecule has 0 aromatic rings. The lowest BCUT2D eigenvalue weighted by Gasteiger charge is -2.03. The van der Waals surface area contributed by atoms with Gasteiger partial charge >= 0.3 is 0 Å². The minimum Gasteiger partial charge on any atom is -0.392 e. The van der Waals surface area contributed by atoms with Crippen molar-refractivity contribution >= 4 is 0 Å². The van der Waals surface area contributed by atoms with Crippen LogP contribution in [0, 0.1) is 0 Å². The zero-order chi connectivity index (χ0) is 23.5. The first kappa shape index (κ1) is 29.4. The summed E-state index contributed by atoms with van der Waals surface area (Å²) in [4.78, 5) is 0. The number of allylic oxidation sites excluding steroid dienone is 11. The van der Waals surface area contributed by atoms with Crippen LogP contribution in [0.25, 0.3) is 0 Å². The normalized spacial score (nSPS) is 14.3. The van der Waals surface area contributed by atoms with Gasteiger partial charge in [-0.15, -0.1) is 0 Å². The van der Waals surface area contributed by atoms with Gasteiger partial charge in [0.15, 0.2) is 0 Å². The van der Waals surface area contributed by atoms with Crippen molar-refractivity contribution in [3.05, 3.63) is 69.9 Å². The molecular weight excluding hydrogens is 376 g/mol. The molecule has 1 N–H and O–H groups in total. The van der Waals surface area contributed by atoms with E-state index in [4.69, 9.17) is 5.11 Å². The summed E-state index contributed by atoms with van der Waals surface area (Å²) in [7, 11) is 0. The van der Waals surface area contributed by atoms with Gasteiger partial charge in [0.25, 0.3) is 0 Å². The first-order valence-corrected chi connectivity index (χ1v) is 12.3. The topological polar surface area (TPSA) is 20.2 Å². The lowest BCUT2D eigenvalue weighted by Crippen LogP contribution is -1.84. The van der Waals surface area contributed by atoms with E-state index in [2.05, 4.69) is 78.8 Å². The van der Waals surface area contributed by atoms with E-state index < -0.39 is 0 Å². The highest BCUT2D eigenvalue weighted by Gasteiger charge is 1.95. The third-order valence-corrected chi connectivity index (χ3v) is 5.66. The van der Waals surface area contributed by atoms with Crippen molar-refractivity contribution < 1.29 is 5.11 Å². The molecule has 0 aliphatic heterocycles. The third kappa shape index (κ3) is 20.1. The van der Waals surface area contributed by atoms with Crippen LogP contribution in [-0.4, -0.2) is 11.7 Å². The van der Waals surface area contributed by atoms with Crippen LogP contribution in [0.5, 0.6) is 0 Å². The number of aliphatic hydroxyl groups excluding tert-OH is 1. The van der Waals surface area contributed by atoms with Crippen LogP contribution in [-0.2, 0) is 0 Å². The number of aliphatic hydroxyl groups is 1. The van der Waals surface area contributed by atoms with E-state index >= 15 is 0 Å². The molecule has 0 bridgehead atoms. The highest BCUT2D eigenvalue weighted by Crippen LogP contribution is 2.15. The summed E-state index contributed by atoms with van der Waals surface area (Å²) >= 11 is 0. The van der Waals surface area contributed by atoms with E-state index in [9.17, 15) is 0 Å². The molecule has 0 spiro atoms. The molecule has 0 amide bonds. The summed E-state index contributed by atoms with van der Waals surface area (Å²) in [5.74, 6) is 0. The van der Waals surface area contributed by atoms with Crippen LogP contribution < -0.4 is 0 Å². The van der Waals surface area contributed by atoms with Crippen molar-refractivity contribution in [3.8, 4) is 0 Å². The molecule has 1 heteroatoms. The molecule has 0 aliphatic rings. The molecule has 0 aliphatic carbocycles. The number of hydrogen-bond donors (Lipinski definition) is 1. The zero-order valence-corrected chi connectivity index (χ0v) is 21.7. The van der Waals surface area contributed by atoms with E-state index in [1.807, 2.05) is 6.08 Å². The Morgan fingerprint density at radius 2 is 0.677 bits per heavy atom. The molecule has 0 unspecified atom stereocenters. The maximum absolute atomic E-state index is 8.90. The van der Waals surface area contributed by atoms with Gasteiger partial charge in [-0.2, -0.15) is 0 Å². The lowest BCUT2D eigenvalue weighted by molar-refractivity contribution is 0.341. The van der Waals surface area contributed by atoms with Crippen molar-refractivity contribution in [2.75, 3.05) is 6.61 Å². The van der Waals surface area contributed by atoms with Gasteiger partial charge in [0.2, 0.25) is 0 Å². The lowest BCUT2D eigenvalue weighted by atomic mass is 10.0. The van der Waals surface area contributed by atoms with Crippen molar-refractivity contribution in [1.29, 1.82) is 0 Å². The predicted molar refractivity (Wildman–Crippen MR) is 141 cm³/mol. The van der Waals surface area contributed by atoms with Crippen molar-refractivity contribution in [2.24, 2.45) is 0 Å². The molecule has 0 saturated heterocycles. The van der Waals surface area contributed by atoms with E-state index in [1.54, 1.807) is 0 Å². The monoisotopic (exact) mass is 426 g/mol. The highest BCUT2D eigenvalue weighted by molar-refractivity contribution is 5.08. The average Bonchev–Trinajstić information content (AvgIpc) is 2.68. The van der Waals surface area contributed by atoms with Crippen LogP contribution >= 0.6 is 0 Å². The van der Waals surface area contributed by atoms with Crippen LogP contribution in [0.4, 0.5) is 0 Å². The molecule has 0 fully saturated rings. The van der Waals surface area contributed by atoms with E-state index in [0.29, 0.717) is 0 Å². The second-order valence-corrected chi connectivity index (χ2v) is 9.41. The van der Waals surface area contributed by atoms with E-state index in [0.717, 1.165) is 32.1 Å². The molecule has 0 atom stereocenters. The summed E-state index contributed by atoms with van der Waals surface area (Å²) < 4.78 is 0. The quantitative estimate of drug-likeness (QED) is 0.243. The van der Waals surface area contributed by atoms with Crippen molar-refractivity contribution in [2.45, 2.75) is 113 Å². The Hall–Kier alpha value is -1.60. The molecule has 0 saturated carbocycles. The minimum absolute atomic E-state index is 0.154. The first-order valence-electron chi connectivity index (χ1n) is 12.3. The Bertz CT molecular complexity index is 661. The fourth-order valence-corrected chi connectivity index (χ4v) is 3.44. The largest absolute Gasteiger partial charge is 0.392 e. The summed E-state index contributed by atoms with van der Waals surface area (Å²) in [5, 5.41) is 8.90. The van der Waals surface area contributed by atoms with Gasteiger partial charge in [-0.1, -0.05) is 69.9 Å². The van der Waals surface area contributed by atoms with Crippen LogP contribution in [0.2, 0.25) is 0 Å². The SMILES string of the molecule is CC(C)=CCC/C(C)=C/CC/C(C)=C/CC/C(C)=C\CC/C(C)=C\CC/C(C)=C\CO. The van der Waals surface area contributed by atoms with Crippen LogP contribution in [0.1, 0.15) is 113 Å². The summed E-state index contributed by atoms with van der Waals surface area (Å²) in [6.45, 7) is 15.6. The summed E-state index contributed by atoms with van der Waals surface area (Å²) in [6, 6.07) is 0. The third-order valence-electron chi connectivity index (χ3n) is 5.66. The zero-order valence-electron chi connectivity index (χ0n) is 21.7. The predicted octanol–water partition coefficient (Wildman–Crippen LogP) is 9.58. The van der Waals surface area contributed by atoms with Crippen molar-refractivity contribution in [1.82, 2.24) is 0 Å². The smallest absolute Gasteiger partial charge is 0.0614 e. The summed E-state index contributed by atoms with van der Waals surface area (Å²) in [5.41, 5.74) is 8.71. The fraction of sp³-hybridized carbons (Fsp3) is 0.600. The minimum atomic E-state index is 0.154. The van der Waals surface area contributed by atoms with Gasteiger partial charge in [-0.3, -0.25) is 0 Å². The molecule has 1 nitrogen and oxygen atoms in total. The Labute approximate surface area is 194 Å². The van der Waals surface area contributed by atoms with Gasteiger partial charge in [0.1, 0.15) is 0 Å². The molecule has 0 heterocycles. The van der Waals surface area contributed by atoms with Gasteiger partial charge in [-0.05, 0) is 113 Å².